The van der Waals surface area contributed by atoms with Gasteiger partial charge in [0.05, 0.1) is 13.7 Å². The number of nitrogens with zero attached hydrogens (tertiary/aromatic N) is 2. The van der Waals surface area contributed by atoms with Crippen molar-refractivity contribution in [2.45, 2.75) is 11.4 Å². The molecular weight excluding hydrogens is 374 g/mol. The largest absolute Gasteiger partial charge is 0.495 e. The first-order valence-electron chi connectivity index (χ1n) is 7.84. The van der Waals surface area contributed by atoms with Gasteiger partial charge in [-0.1, -0.05) is 0 Å². The van der Waals surface area contributed by atoms with Crippen LogP contribution in [0.15, 0.2) is 39.9 Å². The molecule has 1 N–H and O–H groups in total. The average molecular weight is 398 g/mol. The molecule has 2 aromatic rings. The molecule has 7 nitrogen and oxygen atoms in total. The zero-order valence-electron chi connectivity index (χ0n) is 15.2. The van der Waals surface area contributed by atoms with E-state index in [1.807, 2.05) is 28.8 Å². The van der Waals surface area contributed by atoms with Crippen molar-refractivity contribution >= 4 is 33.0 Å². The van der Waals surface area contributed by atoms with Crippen LogP contribution in [0.2, 0.25) is 0 Å². The van der Waals surface area contributed by atoms with Gasteiger partial charge in [-0.05, 0) is 47.6 Å². The van der Waals surface area contributed by atoms with Crippen LogP contribution in [0.4, 0.5) is 5.69 Å². The number of rotatable bonds is 8. The summed E-state index contributed by atoms with van der Waals surface area (Å²) in [5.41, 5.74) is 1.55. The van der Waals surface area contributed by atoms with E-state index in [1.165, 1.54) is 33.3 Å². The summed E-state index contributed by atoms with van der Waals surface area (Å²) >= 11 is 1.61. The molecule has 0 atom stereocenters. The summed E-state index contributed by atoms with van der Waals surface area (Å²) in [5, 5.41) is 6.77. The molecule has 0 aliphatic carbocycles. The van der Waals surface area contributed by atoms with Gasteiger partial charge in [0.2, 0.25) is 15.9 Å². The van der Waals surface area contributed by atoms with Crippen LogP contribution < -0.4 is 10.1 Å². The Morgan fingerprint density at radius 2 is 1.96 bits per heavy atom. The van der Waals surface area contributed by atoms with Crippen LogP contribution in [0.5, 0.6) is 5.75 Å². The smallest absolute Gasteiger partial charge is 0.246 e. The van der Waals surface area contributed by atoms with Gasteiger partial charge in [-0.2, -0.15) is 11.3 Å². The summed E-state index contributed by atoms with van der Waals surface area (Å²) in [6.07, 6.45) is 0. The molecule has 0 bridgehead atoms. The maximum Gasteiger partial charge on any atom is 0.246 e. The van der Waals surface area contributed by atoms with Crippen molar-refractivity contribution in [3.63, 3.8) is 0 Å². The van der Waals surface area contributed by atoms with Crippen LogP contribution in [0.25, 0.3) is 0 Å². The van der Waals surface area contributed by atoms with Gasteiger partial charge >= 0.3 is 0 Å². The number of thiophene rings is 1. The van der Waals surface area contributed by atoms with E-state index in [1.54, 1.807) is 17.4 Å². The predicted octanol–water partition coefficient (Wildman–Crippen LogP) is 2.08. The lowest BCUT2D eigenvalue weighted by atomic mass is 10.3. The molecule has 0 fully saturated rings. The minimum Gasteiger partial charge on any atom is -0.495 e. The van der Waals surface area contributed by atoms with Crippen molar-refractivity contribution in [3.8, 4) is 5.75 Å². The molecule has 9 heteroatoms. The molecule has 0 spiro atoms. The van der Waals surface area contributed by atoms with Crippen molar-refractivity contribution < 1.29 is 17.9 Å². The number of likely N-dealkylation sites (N-methyl/N-ethyl adjacent to an activating group) is 1. The van der Waals surface area contributed by atoms with Gasteiger partial charge in [0, 0.05) is 26.3 Å². The molecule has 1 amide bonds. The van der Waals surface area contributed by atoms with E-state index in [9.17, 15) is 13.2 Å². The number of sulfonamides is 1. The number of methoxy groups -OCH3 is 1. The first kappa shape index (κ1) is 20.4. The van der Waals surface area contributed by atoms with Crippen LogP contribution in [-0.2, 0) is 21.4 Å². The third-order valence-corrected chi connectivity index (χ3v) is 6.22. The Hall–Kier alpha value is -1.94. The number of nitrogens with one attached hydrogen (secondary N) is 1. The summed E-state index contributed by atoms with van der Waals surface area (Å²) in [5.74, 6) is 0.00683. The lowest BCUT2D eigenvalue weighted by Gasteiger charge is -2.17. The number of amides is 1. The summed E-state index contributed by atoms with van der Waals surface area (Å²) in [4.78, 5) is 14.2. The predicted molar refractivity (Wildman–Crippen MR) is 103 cm³/mol. The molecule has 1 aromatic heterocycles. The molecule has 0 saturated heterocycles. The average Bonchev–Trinajstić information content (AvgIpc) is 3.07. The fraction of sp³-hybridized carbons (Fsp3) is 0.353. The maximum absolute atomic E-state index is 12.4. The SMILES string of the molecule is COc1ccc(NC(=O)CN(C)Cc2ccsc2)cc1S(=O)(=O)N(C)C. The van der Waals surface area contributed by atoms with E-state index in [4.69, 9.17) is 4.74 Å². The number of carbonyl (C=O) groups excluding carboxylic acids is 1. The van der Waals surface area contributed by atoms with Crippen LogP contribution >= 0.6 is 11.3 Å². The normalized spacial score (nSPS) is 11.8. The third-order valence-electron chi connectivity index (χ3n) is 3.65. The lowest BCUT2D eigenvalue weighted by molar-refractivity contribution is -0.117. The maximum atomic E-state index is 12.4. The first-order chi connectivity index (χ1) is 12.2. The quantitative estimate of drug-likeness (QED) is 0.738. The molecule has 0 aliphatic heterocycles. The lowest BCUT2D eigenvalue weighted by Crippen LogP contribution is -2.30. The molecule has 0 saturated carbocycles. The van der Waals surface area contributed by atoms with Crippen molar-refractivity contribution in [2.75, 3.05) is 40.1 Å². The standard InChI is InChI=1S/C17H23N3O4S2/c1-19(2)26(22,23)16-9-14(5-6-15(16)24-4)18-17(21)11-20(3)10-13-7-8-25-12-13/h5-9,12H,10-11H2,1-4H3,(H,18,21). The van der Waals surface area contributed by atoms with Crippen LogP contribution in [-0.4, -0.2) is 58.3 Å². The highest BCUT2D eigenvalue weighted by atomic mass is 32.2. The summed E-state index contributed by atoms with van der Waals surface area (Å²) in [6.45, 7) is 0.859. The van der Waals surface area contributed by atoms with E-state index in [2.05, 4.69) is 5.32 Å². The Labute approximate surface area is 158 Å². The number of ether oxygens (including phenoxy) is 1. The Kier molecular flexibility index (Phi) is 6.76. The van der Waals surface area contributed by atoms with Gasteiger partial charge in [0.1, 0.15) is 10.6 Å². The monoisotopic (exact) mass is 397 g/mol. The molecular formula is C17H23N3O4S2. The number of benzene rings is 1. The molecule has 2 rings (SSSR count). The van der Waals surface area contributed by atoms with Crippen molar-refractivity contribution in [3.05, 3.63) is 40.6 Å². The van der Waals surface area contributed by atoms with Gasteiger partial charge in [-0.15, -0.1) is 0 Å². The van der Waals surface area contributed by atoms with Gasteiger partial charge in [0.25, 0.3) is 0 Å². The van der Waals surface area contributed by atoms with Crippen molar-refractivity contribution in [1.82, 2.24) is 9.21 Å². The summed E-state index contributed by atoms with van der Waals surface area (Å²) in [7, 11) is 2.46. The number of hydrogen-bond acceptors (Lipinski definition) is 6. The van der Waals surface area contributed by atoms with Gasteiger partial charge < -0.3 is 10.1 Å². The van der Waals surface area contributed by atoms with Crippen LogP contribution in [0.1, 0.15) is 5.56 Å². The van der Waals surface area contributed by atoms with E-state index in [0.29, 0.717) is 12.2 Å². The van der Waals surface area contributed by atoms with Crippen molar-refractivity contribution in [1.29, 1.82) is 0 Å². The van der Waals surface area contributed by atoms with Gasteiger partial charge in [-0.3, -0.25) is 9.69 Å². The van der Waals surface area contributed by atoms with E-state index in [-0.39, 0.29) is 23.1 Å². The molecule has 26 heavy (non-hydrogen) atoms. The minimum absolute atomic E-state index is 0.00873. The molecule has 0 unspecified atom stereocenters. The second kappa shape index (κ2) is 8.63. The third kappa shape index (κ3) is 5.04. The highest BCUT2D eigenvalue weighted by Gasteiger charge is 2.23. The minimum atomic E-state index is -3.69. The summed E-state index contributed by atoms with van der Waals surface area (Å²) < 4.78 is 31.1. The Morgan fingerprint density at radius 3 is 2.54 bits per heavy atom. The highest BCUT2D eigenvalue weighted by Crippen LogP contribution is 2.28. The molecule has 1 heterocycles. The fourth-order valence-corrected chi connectivity index (χ4v) is 4.08. The molecule has 1 aromatic carbocycles. The zero-order valence-corrected chi connectivity index (χ0v) is 16.9. The number of hydrogen-bond donors (Lipinski definition) is 1. The zero-order chi connectivity index (χ0) is 19.3. The van der Waals surface area contributed by atoms with E-state index < -0.39 is 10.0 Å². The van der Waals surface area contributed by atoms with E-state index >= 15 is 0 Å². The Morgan fingerprint density at radius 1 is 1.23 bits per heavy atom. The highest BCUT2D eigenvalue weighted by molar-refractivity contribution is 7.89. The fourth-order valence-electron chi connectivity index (χ4n) is 2.35. The first-order valence-corrected chi connectivity index (χ1v) is 10.2. The van der Waals surface area contributed by atoms with Crippen molar-refractivity contribution in [2.24, 2.45) is 0 Å². The molecule has 0 radical (unpaired) electrons. The van der Waals surface area contributed by atoms with Crippen LogP contribution in [0, 0.1) is 0 Å². The van der Waals surface area contributed by atoms with E-state index in [0.717, 1.165) is 9.87 Å². The molecule has 0 aliphatic rings. The van der Waals surface area contributed by atoms with Crippen LogP contribution in [0.3, 0.4) is 0 Å². The second-order valence-corrected chi connectivity index (χ2v) is 8.91. The second-order valence-electron chi connectivity index (χ2n) is 6.01. The number of carbonyl (C=O) groups is 1. The number of anilines is 1. The van der Waals surface area contributed by atoms with Gasteiger partial charge in [-0.25, -0.2) is 12.7 Å². The summed E-state index contributed by atoms with van der Waals surface area (Å²) in [6, 6.07) is 6.57. The molecule has 142 valence electrons. The van der Waals surface area contributed by atoms with Gasteiger partial charge in [0.15, 0.2) is 0 Å². The Balaban J connectivity index is 2.10. The topological polar surface area (TPSA) is 79.0 Å². The Bertz CT molecular complexity index is 849.